The summed E-state index contributed by atoms with van der Waals surface area (Å²) < 4.78 is 13.5. The van der Waals surface area contributed by atoms with Crippen molar-refractivity contribution in [2.24, 2.45) is 0 Å². The predicted octanol–water partition coefficient (Wildman–Crippen LogP) is 2.39. The van der Waals surface area contributed by atoms with Crippen LogP contribution < -0.4 is 16.4 Å². The van der Waals surface area contributed by atoms with Gasteiger partial charge in [-0.15, -0.1) is 0 Å². The third kappa shape index (κ3) is 2.67. The Kier molecular flexibility index (Phi) is 3.17. The lowest BCUT2D eigenvalue weighted by Crippen LogP contribution is -2.42. The predicted molar refractivity (Wildman–Crippen MR) is 65.3 cm³/mol. The Balaban J connectivity index is 2.02. The molecule has 1 aromatic rings. The van der Waals surface area contributed by atoms with Gasteiger partial charge in [0.25, 0.3) is 0 Å². The molecule has 0 aliphatic heterocycles. The van der Waals surface area contributed by atoms with Gasteiger partial charge in [-0.05, 0) is 43.9 Å². The van der Waals surface area contributed by atoms with Gasteiger partial charge in [-0.1, -0.05) is 0 Å². The lowest BCUT2D eigenvalue weighted by atomic mass is 9.93. The summed E-state index contributed by atoms with van der Waals surface area (Å²) in [6, 6.07) is 2.59. The second-order valence-corrected chi connectivity index (χ2v) is 4.41. The molecule has 0 unspecified atom stereocenters. The van der Waals surface area contributed by atoms with Gasteiger partial charge in [0.05, 0.1) is 5.69 Å². The van der Waals surface area contributed by atoms with Gasteiger partial charge in [-0.25, -0.2) is 9.18 Å². The van der Waals surface area contributed by atoms with Crippen LogP contribution in [-0.2, 0) is 0 Å². The van der Waals surface area contributed by atoms with E-state index >= 15 is 0 Å². The van der Waals surface area contributed by atoms with E-state index in [0.29, 0.717) is 11.3 Å². The number of hydrogen-bond acceptors (Lipinski definition) is 2. The molecule has 2 amide bonds. The maximum absolute atomic E-state index is 13.5. The molecule has 0 aromatic heterocycles. The molecule has 0 bridgehead atoms. The zero-order chi connectivity index (χ0) is 12.4. The van der Waals surface area contributed by atoms with E-state index in [2.05, 4.69) is 10.6 Å². The third-order valence-electron chi connectivity index (χ3n) is 3.04. The van der Waals surface area contributed by atoms with E-state index in [1.54, 1.807) is 6.92 Å². The van der Waals surface area contributed by atoms with Crippen molar-refractivity contribution in [3.63, 3.8) is 0 Å². The number of rotatable bonds is 2. The van der Waals surface area contributed by atoms with E-state index < -0.39 is 5.82 Å². The molecule has 0 radical (unpaired) electrons. The van der Waals surface area contributed by atoms with E-state index in [1.807, 2.05) is 0 Å². The van der Waals surface area contributed by atoms with Gasteiger partial charge in [0.2, 0.25) is 0 Å². The molecule has 1 saturated carbocycles. The number of benzene rings is 1. The minimum atomic E-state index is -0.472. The van der Waals surface area contributed by atoms with E-state index in [1.165, 1.54) is 12.1 Å². The van der Waals surface area contributed by atoms with Gasteiger partial charge in [-0.2, -0.15) is 0 Å². The molecule has 5 heteroatoms. The van der Waals surface area contributed by atoms with Crippen molar-refractivity contribution in [1.29, 1.82) is 0 Å². The number of urea groups is 1. The third-order valence-corrected chi connectivity index (χ3v) is 3.04. The number of hydrogen-bond donors (Lipinski definition) is 3. The lowest BCUT2D eigenvalue weighted by molar-refractivity contribution is 0.240. The summed E-state index contributed by atoms with van der Waals surface area (Å²) in [5.74, 6) is -0.472. The minimum absolute atomic E-state index is 0.116. The maximum atomic E-state index is 13.5. The van der Waals surface area contributed by atoms with E-state index in [0.717, 1.165) is 19.3 Å². The SMILES string of the molecule is Cc1cc(F)c(NC(=O)NC2CCC2)cc1N. The highest BCUT2D eigenvalue weighted by Crippen LogP contribution is 2.22. The Morgan fingerprint density at radius 3 is 2.76 bits per heavy atom. The topological polar surface area (TPSA) is 67.2 Å². The second-order valence-electron chi connectivity index (χ2n) is 4.41. The Morgan fingerprint density at radius 1 is 1.47 bits per heavy atom. The van der Waals surface area contributed by atoms with Crippen molar-refractivity contribution in [3.8, 4) is 0 Å². The molecule has 92 valence electrons. The van der Waals surface area contributed by atoms with E-state index in [-0.39, 0.29) is 17.8 Å². The van der Waals surface area contributed by atoms with Crippen LogP contribution >= 0.6 is 0 Å². The summed E-state index contributed by atoms with van der Waals surface area (Å²) in [6.07, 6.45) is 3.12. The molecule has 0 saturated heterocycles. The first kappa shape index (κ1) is 11.7. The van der Waals surface area contributed by atoms with Crippen molar-refractivity contribution in [3.05, 3.63) is 23.5 Å². The largest absolute Gasteiger partial charge is 0.398 e. The van der Waals surface area contributed by atoms with Crippen LogP contribution in [0.15, 0.2) is 12.1 Å². The van der Waals surface area contributed by atoms with E-state index in [4.69, 9.17) is 5.73 Å². The van der Waals surface area contributed by atoms with Gasteiger partial charge in [0.15, 0.2) is 0 Å². The van der Waals surface area contributed by atoms with Crippen LogP contribution in [0.3, 0.4) is 0 Å². The van der Waals surface area contributed by atoms with Gasteiger partial charge >= 0.3 is 6.03 Å². The van der Waals surface area contributed by atoms with Crippen LogP contribution in [0, 0.1) is 12.7 Å². The molecule has 1 aromatic carbocycles. The Hall–Kier alpha value is -1.78. The molecule has 17 heavy (non-hydrogen) atoms. The first-order valence-electron chi connectivity index (χ1n) is 5.69. The number of carbonyl (C=O) groups excluding carboxylic acids is 1. The molecule has 2 rings (SSSR count). The average molecular weight is 237 g/mol. The smallest absolute Gasteiger partial charge is 0.319 e. The number of anilines is 2. The van der Waals surface area contributed by atoms with Crippen LogP contribution in [0.25, 0.3) is 0 Å². The fourth-order valence-electron chi connectivity index (χ4n) is 1.68. The summed E-state index contributed by atoms with van der Waals surface area (Å²) >= 11 is 0. The number of amides is 2. The molecule has 1 aliphatic rings. The van der Waals surface area contributed by atoms with Gasteiger partial charge in [-0.3, -0.25) is 0 Å². The van der Waals surface area contributed by atoms with E-state index in [9.17, 15) is 9.18 Å². The van der Waals surface area contributed by atoms with Crippen LogP contribution in [0.5, 0.6) is 0 Å². The Labute approximate surface area is 99.4 Å². The summed E-state index contributed by atoms with van der Waals surface area (Å²) in [7, 11) is 0. The summed E-state index contributed by atoms with van der Waals surface area (Å²) in [5.41, 5.74) is 6.90. The molecular formula is C12H16FN3O. The fraction of sp³-hybridized carbons (Fsp3) is 0.417. The number of nitrogen functional groups attached to an aromatic ring is 1. The van der Waals surface area contributed by atoms with Crippen molar-refractivity contribution >= 4 is 17.4 Å². The van der Waals surface area contributed by atoms with Gasteiger partial charge in [0, 0.05) is 11.7 Å². The number of nitrogens with two attached hydrogens (primary N) is 1. The number of aryl methyl sites for hydroxylation is 1. The molecule has 0 atom stereocenters. The molecule has 4 N–H and O–H groups in total. The van der Waals surface area contributed by atoms with Crippen LogP contribution in [-0.4, -0.2) is 12.1 Å². The molecular weight excluding hydrogens is 221 g/mol. The standard InChI is InChI=1S/C12H16FN3O/c1-7-5-9(13)11(6-10(7)14)16-12(17)15-8-3-2-4-8/h5-6,8H,2-4,14H2,1H3,(H2,15,16,17). The van der Waals surface area contributed by atoms with Crippen molar-refractivity contribution in [2.45, 2.75) is 32.2 Å². The molecule has 0 spiro atoms. The molecule has 4 nitrogen and oxygen atoms in total. The zero-order valence-corrected chi connectivity index (χ0v) is 9.72. The molecule has 1 fully saturated rings. The Morgan fingerprint density at radius 2 is 2.18 bits per heavy atom. The first-order valence-corrected chi connectivity index (χ1v) is 5.69. The number of carbonyl (C=O) groups is 1. The normalized spacial score (nSPS) is 15.2. The second kappa shape index (κ2) is 4.61. The maximum Gasteiger partial charge on any atom is 0.319 e. The monoisotopic (exact) mass is 237 g/mol. The quantitative estimate of drug-likeness (QED) is 0.691. The summed E-state index contributed by atoms with van der Waals surface area (Å²) in [5, 5.41) is 5.24. The van der Waals surface area contributed by atoms with Crippen LogP contribution in [0.1, 0.15) is 24.8 Å². The van der Waals surface area contributed by atoms with Gasteiger partial charge in [0.1, 0.15) is 5.82 Å². The number of nitrogens with one attached hydrogen (secondary N) is 2. The highest BCUT2D eigenvalue weighted by atomic mass is 19.1. The fourth-order valence-corrected chi connectivity index (χ4v) is 1.68. The van der Waals surface area contributed by atoms with Crippen LogP contribution in [0.4, 0.5) is 20.6 Å². The minimum Gasteiger partial charge on any atom is -0.398 e. The number of halogens is 1. The lowest BCUT2D eigenvalue weighted by Gasteiger charge is -2.26. The summed E-state index contributed by atoms with van der Waals surface area (Å²) in [6.45, 7) is 1.72. The van der Waals surface area contributed by atoms with Crippen molar-refractivity contribution < 1.29 is 9.18 Å². The van der Waals surface area contributed by atoms with Crippen LogP contribution in [0.2, 0.25) is 0 Å². The highest BCUT2D eigenvalue weighted by molar-refractivity contribution is 5.90. The first-order chi connectivity index (χ1) is 8.06. The highest BCUT2D eigenvalue weighted by Gasteiger charge is 2.19. The summed E-state index contributed by atoms with van der Waals surface area (Å²) in [4.78, 5) is 11.5. The molecule has 0 heterocycles. The van der Waals surface area contributed by atoms with Crippen molar-refractivity contribution in [1.82, 2.24) is 5.32 Å². The van der Waals surface area contributed by atoms with Crippen molar-refractivity contribution in [2.75, 3.05) is 11.1 Å². The molecule has 1 aliphatic carbocycles. The average Bonchev–Trinajstić information content (AvgIpc) is 2.20. The Bertz CT molecular complexity index is 444. The van der Waals surface area contributed by atoms with Gasteiger partial charge < -0.3 is 16.4 Å². The zero-order valence-electron chi connectivity index (χ0n) is 9.72.